The highest BCUT2D eigenvalue weighted by atomic mass is 35.5. The lowest BCUT2D eigenvalue weighted by Gasteiger charge is -2.31. The fourth-order valence-corrected chi connectivity index (χ4v) is 5.12. The van der Waals surface area contributed by atoms with Crippen molar-refractivity contribution in [1.29, 1.82) is 0 Å². The zero-order valence-corrected chi connectivity index (χ0v) is 19.5. The number of benzene rings is 3. The predicted octanol–water partition coefficient (Wildman–Crippen LogP) is 7.11. The number of anilines is 2. The van der Waals surface area contributed by atoms with Crippen molar-refractivity contribution >= 4 is 28.8 Å². The topological polar surface area (TPSA) is 50.4 Å². The van der Waals surface area contributed by atoms with Gasteiger partial charge in [-0.15, -0.1) is 0 Å². The minimum atomic E-state index is -0.314. The smallest absolute Gasteiger partial charge is 0.163 e. The molecule has 1 aliphatic heterocycles. The normalized spacial score (nSPS) is 19.8. The van der Waals surface area contributed by atoms with Gasteiger partial charge in [0, 0.05) is 28.3 Å². The van der Waals surface area contributed by atoms with E-state index in [1.165, 1.54) is 0 Å². The van der Waals surface area contributed by atoms with Gasteiger partial charge in [-0.25, -0.2) is 0 Å². The first-order valence-corrected chi connectivity index (χ1v) is 11.8. The molecule has 3 aromatic rings. The van der Waals surface area contributed by atoms with E-state index in [0.717, 1.165) is 39.5 Å². The molecule has 0 saturated carbocycles. The molecule has 3 aromatic carbocycles. The van der Waals surface area contributed by atoms with E-state index < -0.39 is 0 Å². The zero-order chi connectivity index (χ0) is 22.9. The third-order valence-corrected chi connectivity index (χ3v) is 6.59. The quantitative estimate of drug-likeness (QED) is 0.437. The Hall–Kier alpha value is -3.24. The van der Waals surface area contributed by atoms with Crippen LogP contribution in [0.4, 0.5) is 11.4 Å². The van der Waals surface area contributed by atoms with E-state index in [0.29, 0.717) is 17.9 Å². The number of nitrogens with one attached hydrogen (secondary N) is 2. The minimum Gasteiger partial charge on any atom is -0.491 e. The van der Waals surface area contributed by atoms with Crippen LogP contribution in [0.5, 0.6) is 5.75 Å². The summed E-state index contributed by atoms with van der Waals surface area (Å²) in [6.07, 6.45) is 1.17. The average Bonchev–Trinajstić information content (AvgIpc) is 2.96. The second-order valence-corrected chi connectivity index (χ2v) is 9.30. The molecule has 0 unspecified atom stereocenters. The van der Waals surface area contributed by atoms with Gasteiger partial charge in [0.15, 0.2) is 5.78 Å². The fraction of sp³-hybridized carbons (Fsp3) is 0.250. The summed E-state index contributed by atoms with van der Waals surface area (Å²) < 4.78 is 6.14. The van der Waals surface area contributed by atoms with Crippen LogP contribution in [0.1, 0.15) is 49.8 Å². The summed E-state index contributed by atoms with van der Waals surface area (Å²) in [5.74, 6) is 0.945. The van der Waals surface area contributed by atoms with Crippen LogP contribution in [0.2, 0.25) is 5.02 Å². The van der Waals surface area contributed by atoms with Crippen LogP contribution in [-0.4, -0.2) is 11.9 Å². The Morgan fingerprint density at radius 2 is 1.55 bits per heavy atom. The van der Waals surface area contributed by atoms with Crippen molar-refractivity contribution < 1.29 is 9.53 Å². The number of allylic oxidation sites excluding steroid dienone is 1. The van der Waals surface area contributed by atoms with Crippen LogP contribution >= 0.6 is 11.6 Å². The number of carbonyl (C=O) groups excluding carboxylic acids is 1. The number of para-hydroxylation sites is 3. The molecule has 0 bridgehead atoms. The molecular weight excluding hydrogens is 432 g/mol. The molecule has 4 nitrogen and oxygen atoms in total. The third-order valence-electron chi connectivity index (χ3n) is 6.25. The van der Waals surface area contributed by atoms with Crippen LogP contribution in [-0.2, 0) is 4.79 Å². The van der Waals surface area contributed by atoms with E-state index in [9.17, 15) is 4.79 Å². The lowest BCUT2D eigenvalue weighted by Crippen LogP contribution is -2.27. The van der Waals surface area contributed by atoms with Crippen molar-refractivity contribution in [2.75, 3.05) is 10.6 Å². The van der Waals surface area contributed by atoms with Gasteiger partial charge in [-0.1, -0.05) is 60.1 Å². The molecule has 168 valence electrons. The van der Waals surface area contributed by atoms with Gasteiger partial charge >= 0.3 is 0 Å². The molecule has 0 amide bonds. The predicted molar refractivity (Wildman–Crippen MR) is 134 cm³/mol. The SMILES string of the molecule is CC(C)Oc1ccccc1[C@@H]1Nc2ccccc2NC2=C1C(=O)C[C@H](c1ccccc1Cl)C2. The lowest BCUT2D eigenvalue weighted by atomic mass is 9.78. The Bertz CT molecular complexity index is 1230. The molecule has 5 rings (SSSR count). The zero-order valence-electron chi connectivity index (χ0n) is 18.8. The second kappa shape index (κ2) is 8.95. The highest BCUT2D eigenvalue weighted by Gasteiger charge is 2.37. The maximum absolute atomic E-state index is 13.7. The van der Waals surface area contributed by atoms with Crippen LogP contribution in [0.3, 0.4) is 0 Å². The number of halogens is 1. The standard InChI is InChI=1S/C28H27ClN2O2/c1-17(2)33-26-14-8-4-10-20(26)28-27-24(30-22-12-6-7-13-23(22)31-28)15-18(16-25(27)32)19-9-3-5-11-21(19)29/h3-14,17-18,28,30-31H,15-16H2,1-2H3/t18-,28+/m1/s1. The van der Waals surface area contributed by atoms with E-state index in [1.54, 1.807) is 0 Å². The van der Waals surface area contributed by atoms with E-state index in [-0.39, 0.29) is 23.8 Å². The number of ketones is 1. The van der Waals surface area contributed by atoms with Gasteiger partial charge in [-0.3, -0.25) is 4.79 Å². The van der Waals surface area contributed by atoms with Gasteiger partial charge in [0.2, 0.25) is 0 Å². The fourth-order valence-electron chi connectivity index (χ4n) is 4.83. The molecule has 0 saturated heterocycles. The molecule has 0 radical (unpaired) electrons. The molecule has 0 aromatic heterocycles. The van der Waals surface area contributed by atoms with Gasteiger partial charge in [0.1, 0.15) is 5.75 Å². The maximum Gasteiger partial charge on any atom is 0.163 e. The first kappa shape index (κ1) is 21.6. The number of carbonyl (C=O) groups is 1. The van der Waals surface area contributed by atoms with Crippen molar-refractivity contribution in [3.8, 4) is 5.75 Å². The van der Waals surface area contributed by atoms with Crippen LogP contribution in [0, 0.1) is 0 Å². The number of hydrogen-bond acceptors (Lipinski definition) is 4. The summed E-state index contributed by atoms with van der Waals surface area (Å²) in [5, 5.41) is 7.93. The average molecular weight is 459 g/mol. The summed E-state index contributed by atoms with van der Waals surface area (Å²) in [7, 11) is 0. The van der Waals surface area contributed by atoms with Gasteiger partial charge in [0.05, 0.1) is 23.5 Å². The van der Waals surface area contributed by atoms with E-state index in [4.69, 9.17) is 16.3 Å². The molecule has 2 atom stereocenters. The Morgan fingerprint density at radius 1 is 0.879 bits per heavy atom. The maximum atomic E-state index is 13.7. The third kappa shape index (κ3) is 4.23. The Balaban J connectivity index is 1.63. The molecule has 1 aliphatic carbocycles. The van der Waals surface area contributed by atoms with Crippen LogP contribution < -0.4 is 15.4 Å². The number of ether oxygens (including phenoxy) is 1. The number of fused-ring (bicyclic) bond motifs is 1. The second-order valence-electron chi connectivity index (χ2n) is 8.89. The van der Waals surface area contributed by atoms with Crippen LogP contribution in [0.25, 0.3) is 0 Å². The molecule has 0 spiro atoms. The first-order chi connectivity index (χ1) is 16.0. The van der Waals surface area contributed by atoms with Gasteiger partial charge in [0.25, 0.3) is 0 Å². The van der Waals surface area contributed by atoms with Crippen molar-refractivity contribution in [3.63, 3.8) is 0 Å². The molecule has 33 heavy (non-hydrogen) atoms. The van der Waals surface area contributed by atoms with Crippen molar-refractivity contribution in [2.24, 2.45) is 0 Å². The number of Topliss-reactive ketones (excluding diaryl/α,β-unsaturated/α-hetero) is 1. The molecular formula is C28H27ClN2O2. The molecule has 2 N–H and O–H groups in total. The van der Waals surface area contributed by atoms with Gasteiger partial charge < -0.3 is 15.4 Å². The summed E-state index contributed by atoms with van der Waals surface area (Å²) in [6, 6.07) is 23.6. The van der Waals surface area contributed by atoms with Crippen molar-refractivity contribution in [2.45, 2.75) is 44.8 Å². The van der Waals surface area contributed by atoms with Crippen LogP contribution in [0.15, 0.2) is 84.1 Å². The van der Waals surface area contributed by atoms with Gasteiger partial charge in [-0.05, 0) is 56.0 Å². The number of rotatable bonds is 4. The minimum absolute atomic E-state index is 0.0300. The summed E-state index contributed by atoms with van der Waals surface area (Å²) in [4.78, 5) is 13.7. The van der Waals surface area contributed by atoms with Gasteiger partial charge in [-0.2, -0.15) is 0 Å². The van der Waals surface area contributed by atoms with Crippen molar-refractivity contribution in [1.82, 2.24) is 0 Å². The molecule has 0 fully saturated rings. The largest absolute Gasteiger partial charge is 0.491 e. The number of hydrogen-bond donors (Lipinski definition) is 2. The van der Waals surface area contributed by atoms with E-state index in [1.807, 2.05) is 86.6 Å². The summed E-state index contributed by atoms with van der Waals surface area (Å²) >= 11 is 6.51. The molecule has 1 heterocycles. The Labute approximate surface area is 199 Å². The highest BCUT2D eigenvalue weighted by molar-refractivity contribution is 6.31. The van der Waals surface area contributed by atoms with Crippen molar-refractivity contribution in [3.05, 3.63) is 100 Å². The lowest BCUT2D eigenvalue weighted by molar-refractivity contribution is -0.116. The molecule has 5 heteroatoms. The summed E-state index contributed by atoms with van der Waals surface area (Å²) in [6.45, 7) is 4.03. The van der Waals surface area contributed by atoms with E-state index >= 15 is 0 Å². The summed E-state index contributed by atoms with van der Waals surface area (Å²) in [5.41, 5.74) is 5.61. The Kier molecular flexibility index (Phi) is 5.86. The molecule has 2 aliphatic rings. The monoisotopic (exact) mass is 458 g/mol. The highest BCUT2D eigenvalue weighted by Crippen LogP contribution is 2.46. The Morgan fingerprint density at radius 3 is 2.30 bits per heavy atom. The first-order valence-electron chi connectivity index (χ1n) is 11.4. The van der Waals surface area contributed by atoms with E-state index in [2.05, 4.69) is 10.6 Å².